The molecular formula is C42H54N6+2. The molecule has 0 atom stereocenters. The van der Waals surface area contributed by atoms with E-state index in [2.05, 4.69) is 143 Å². The number of anilines is 2. The SMILES string of the molecule is CNCc1ccc2cc3ccc(CNC)cc3[n+](CCCCCCCC[n+]3c4cc(N(C)C)ccc4cc4ccc(N(C)C)cc43)c2c1. The van der Waals surface area contributed by atoms with E-state index in [9.17, 15) is 0 Å². The monoisotopic (exact) mass is 642 g/mol. The van der Waals surface area contributed by atoms with Crippen molar-refractivity contribution in [1.82, 2.24) is 10.6 Å². The molecule has 0 fully saturated rings. The van der Waals surface area contributed by atoms with Crippen LogP contribution >= 0.6 is 0 Å². The Labute approximate surface area is 287 Å². The van der Waals surface area contributed by atoms with E-state index in [1.165, 1.54) is 105 Å². The van der Waals surface area contributed by atoms with Crippen LogP contribution in [0.5, 0.6) is 0 Å². The van der Waals surface area contributed by atoms with Gasteiger partial charge in [0.1, 0.15) is 13.1 Å². The molecule has 6 nitrogen and oxygen atoms in total. The number of benzene rings is 4. The van der Waals surface area contributed by atoms with Gasteiger partial charge in [-0.05, 0) is 86.6 Å². The van der Waals surface area contributed by atoms with Crippen LogP contribution in [0.25, 0.3) is 43.6 Å². The molecule has 250 valence electrons. The molecule has 0 saturated carbocycles. The van der Waals surface area contributed by atoms with Crippen LogP contribution in [0.15, 0.2) is 84.9 Å². The van der Waals surface area contributed by atoms with Crippen molar-refractivity contribution in [1.29, 1.82) is 0 Å². The Balaban J connectivity index is 1.13. The third kappa shape index (κ3) is 7.40. The van der Waals surface area contributed by atoms with Gasteiger partial charge < -0.3 is 20.4 Å². The lowest BCUT2D eigenvalue weighted by atomic mass is 10.0. The number of unbranched alkanes of at least 4 members (excludes halogenated alkanes) is 5. The first-order chi connectivity index (χ1) is 23.4. The first kappa shape index (κ1) is 33.6. The van der Waals surface area contributed by atoms with Crippen molar-refractivity contribution in [3.8, 4) is 0 Å². The van der Waals surface area contributed by atoms with Gasteiger partial charge in [0.2, 0.25) is 22.1 Å². The highest BCUT2D eigenvalue weighted by molar-refractivity contribution is 5.92. The van der Waals surface area contributed by atoms with Gasteiger partial charge >= 0.3 is 0 Å². The highest BCUT2D eigenvalue weighted by Gasteiger charge is 2.19. The van der Waals surface area contributed by atoms with Crippen molar-refractivity contribution in [3.63, 3.8) is 0 Å². The summed E-state index contributed by atoms with van der Waals surface area (Å²) in [4.78, 5) is 4.40. The lowest BCUT2D eigenvalue weighted by Crippen LogP contribution is -2.36. The van der Waals surface area contributed by atoms with Crippen molar-refractivity contribution in [2.45, 2.75) is 64.7 Å². The van der Waals surface area contributed by atoms with Gasteiger partial charge in [-0.15, -0.1) is 0 Å². The number of hydrogen-bond acceptors (Lipinski definition) is 4. The van der Waals surface area contributed by atoms with E-state index in [0.29, 0.717) is 0 Å². The molecule has 6 rings (SSSR count). The second kappa shape index (κ2) is 15.3. The molecule has 6 aromatic rings. The summed E-state index contributed by atoms with van der Waals surface area (Å²) in [5.74, 6) is 0. The van der Waals surface area contributed by atoms with Gasteiger partial charge in [-0.25, -0.2) is 0 Å². The number of fused-ring (bicyclic) bond motifs is 4. The van der Waals surface area contributed by atoms with Crippen LogP contribution in [0, 0.1) is 0 Å². The molecule has 0 aliphatic rings. The quantitative estimate of drug-likeness (QED) is 0.0692. The minimum absolute atomic E-state index is 0.883. The molecule has 6 heteroatoms. The third-order valence-electron chi connectivity index (χ3n) is 9.81. The number of hydrogen-bond donors (Lipinski definition) is 2. The second-order valence-electron chi connectivity index (χ2n) is 13.8. The standard InChI is InChI=1S/C42H54N6/c1-43-29-31-13-15-33-25-34-16-14-32(30-44-2)24-40(34)47(39(33)23-31)21-11-9-7-8-10-12-22-48-41-27-37(45(3)4)19-17-35(41)26-36-18-20-38(46(5)6)28-42(36)48/h13-20,23-28,43-44H,7-12,21-22,29-30H2,1-6H3/q+2. The summed E-state index contributed by atoms with van der Waals surface area (Å²) in [6.45, 7) is 3.84. The average Bonchev–Trinajstić information content (AvgIpc) is 3.08. The number of aromatic nitrogens is 2. The Morgan fingerprint density at radius 3 is 1.17 bits per heavy atom. The van der Waals surface area contributed by atoms with E-state index < -0.39 is 0 Å². The fourth-order valence-corrected chi connectivity index (χ4v) is 7.17. The van der Waals surface area contributed by atoms with E-state index in [4.69, 9.17) is 0 Å². The highest BCUT2D eigenvalue weighted by Crippen LogP contribution is 2.26. The molecule has 0 amide bonds. The maximum absolute atomic E-state index is 3.33. The average molecular weight is 643 g/mol. The Morgan fingerprint density at radius 1 is 0.438 bits per heavy atom. The smallest absolute Gasteiger partial charge is 0.215 e. The molecule has 0 bridgehead atoms. The summed E-state index contributed by atoms with van der Waals surface area (Å²) in [7, 11) is 12.5. The first-order valence-electron chi connectivity index (χ1n) is 17.8. The molecule has 0 unspecified atom stereocenters. The molecule has 0 saturated heterocycles. The molecule has 0 aliphatic carbocycles. The zero-order valence-corrected chi connectivity index (χ0v) is 29.9. The number of aryl methyl sites for hydroxylation is 2. The summed E-state index contributed by atoms with van der Waals surface area (Å²) in [5.41, 5.74) is 10.5. The van der Waals surface area contributed by atoms with Gasteiger partial charge in [0.05, 0.1) is 0 Å². The van der Waals surface area contributed by atoms with Crippen molar-refractivity contribution in [2.24, 2.45) is 0 Å². The number of pyridine rings is 2. The fraction of sp³-hybridized carbons (Fsp3) is 0.381. The molecular weight excluding hydrogens is 589 g/mol. The van der Waals surface area contributed by atoms with Gasteiger partial charge in [-0.1, -0.05) is 25.0 Å². The molecule has 2 aromatic heterocycles. The lowest BCUT2D eigenvalue weighted by Gasteiger charge is -2.15. The fourth-order valence-electron chi connectivity index (χ4n) is 7.17. The van der Waals surface area contributed by atoms with E-state index in [1.807, 2.05) is 14.1 Å². The Morgan fingerprint density at radius 2 is 0.792 bits per heavy atom. The number of nitrogens with one attached hydrogen (secondary N) is 2. The topological polar surface area (TPSA) is 38.3 Å². The molecule has 0 spiro atoms. The normalized spacial score (nSPS) is 11.7. The van der Waals surface area contributed by atoms with E-state index >= 15 is 0 Å². The van der Waals surface area contributed by atoms with Crippen LogP contribution in [-0.4, -0.2) is 42.3 Å². The first-order valence-corrected chi connectivity index (χ1v) is 17.8. The predicted molar refractivity (Wildman–Crippen MR) is 205 cm³/mol. The highest BCUT2D eigenvalue weighted by atomic mass is 15.1. The minimum Gasteiger partial charge on any atom is -0.377 e. The Kier molecular flexibility index (Phi) is 10.7. The van der Waals surface area contributed by atoms with Crippen molar-refractivity contribution in [2.75, 3.05) is 52.1 Å². The second-order valence-corrected chi connectivity index (χ2v) is 13.8. The maximum Gasteiger partial charge on any atom is 0.215 e. The van der Waals surface area contributed by atoms with E-state index in [0.717, 1.165) is 26.2 Å². The summed E-state index contributed by atoms with van der Waals surface area (Å²) in [6, 6.07) is 32.3. The zero-order valence-electron chi connectivity index (χ0n) is 29.9. The summed E-state index contributed by atoms with van der Waals surface area (Å²) >= 11 is 0. The van der Waals surface area contributed by atoms with Gasteiger partial charge in [-0.2, -0.15) is 9.13 Å². The number of nitrogens with zero attached hydrogens (tertiary/aromatic N) is 4. The summed E-state index contributed by atoms with van der Waals surface area (Å²) in [6.07, 6.45) is 7.42. The molecule has 0 aliphatic heterocycles. The zero-order chi connectivity index (χ0) is 33.6. The van der Waals surface area contributed by atoms with Crippen LogP contribution in [0.2, 0.25) is 0 Å². The summed E-state index contributed by atoms with van der Waals surface area (Å²) < 4.78 is 5.15. The molecule has 48 heavy (non-hydrogen) atoms. The van der Waals surface area contributed by atoms with Gasteiger partial charge in [0, 0.05) is 111 Å². The van der Waals surface area contributed by atoms with E-state index in [-0.39, 0.29) is 0 Å². The van der Waals surface area contributed by atoms with E-state index in [1.54, 1.807) is 0 Å². The van der Waals surface area contributed by atoms with Crippen molar-refractivity contribution >= 4 is 55.0 Å². The van der Waals surface area contributed by atoms with Crippen LogP contribution in [0.4, 0.5) is 11.4 Å². The lowest BCUT2D eigenvalue weighted by molar-refractivity contribution is -0.646. The largest absolute Gasteiger partial charge is 0.377 e. The molecule has 2 heterocycles. The van der Waals surface area contributed by atoms with Crippen LogP contribution in [0.1, 0.15) is 49.7 Å². The molecule has 2 N–H and O–H groups in total. The Bertz CT molecular complexity index is 1900. The van der Waals surface area contributed by atoms with Crippen LogP contribution in [0.3, 0.4) is 0 Å². The van der Waals surface area contributed by atoms with Gasteiger partial charge in [0.15, 0.2) is 0 Å². The van der Waals surface area contributed by atoms with Gasteiger partial charge in [0.25, 0.3) is 0 Å². The van der Waals surface area contributed by atoms with Crippen molar-refractivity contribution < 1.29 is 9.13 Å². The maximum atomic E-state index is 3.33. The van der Waals surface area contributed by atoms with Crippen LogP contribution < -0.4 is 29.6 Å². The predicted octanol–water partition coefficient (Wildman–Crippen LogP) is 7.49. The number of rotatable bonds is 15. The Hall–Kier alpha value is -4.26. The third-order valence-corrected chi connectivity index (χ3v) is 9.81. The minimum atomic E-state index is 0.883. The van der Waals surface area contributed by atoms with Crippen LogP contribution in [-0.2, 0) is 26.2 Å². The molecule has 4 aromatic carbocycles. The van der Waals surface area contributed by atoms with Crippen molar-refractivity contribution in [3.05, 3.63) is 96.1 Å². The van der Waals surface area contributed by atoms with Gasteiger partial charge in [-0.3, -0.25) is 0 Å². The summed E-state index contributed by atoms with van der Waals surface area (Å²) in [5, 5.41) is 11.9. The molecule has 0 radical (unpaired) electrons.